The lowest BCUT2D eigenvalue weighted by Crippen LogP contribution is -2.43. The molecule has 17 heavy (non-hydrogen) atoms. The molecule has 2 unspecified atom stereocenters. The highest BCUT2D eigenvalue weighted by molar-refractivity contribution is 7.89. The summed E-state index contributed by atoms with van der Waals surface area (Å²) in [6.07, 6.45) is 1.18. The molecule has 0 spiro atoms. The number of rotatable bonds is 5. The van der Waals surface area contributed by atoms with E-state index in [-0.39, 0.29) is 18.5 Å². The smallest absolute Gasteiger partial charge is 0.218 e. The lowest BCUT2D eigenvalue weighted by Gasteiger charge is -2.22. The van der Waals surface area contributed by atoms with Gasteiger partial charge in [-0.25, -0.2) is 8.42 Å². The van der Waals surface area contributed by atoms with E-state index in [1.165, 1.54) is 11.2 Å². The molecule has 100 valence electrons. The van der Waals surface area contributed by atoms with Gasteiger partial charge in [0, 0.05) is 32.6 Å². The Morgan fingerprint density at radius 2 is 2.24 bits per heavy atom. The van der Waals surface area contributed by atoms with Gasteiger partial charge in [-0.3, -0.25) is 4.79 Å². The number of hydrogen-bond donors (Lipinski definition) is 2. The van der Waals surface area contributed by atoms with Gasteiger partial charge in [0.1, 0.15) is 0 Å². The van der Waals surface area contributed by atoms with Crippen LogP contribution in [-0.4, -0.2) is 49.6 Å². The van der Waals surface area contributed by atoms with Gasteiger partial charge in [-0.2, -0.15) is 4.31 Å². The van der Waals surface area contributed by atoms with Crippen LogP contribution >= 0.6 is 0 Å². The second kappa shape index (κ2) is 5.79. The number of amides is 1. The van der Waals surface area contributed by atoms with Crippen molar-refractivity contribution >= 4 is 15.9 Å². The first kappa shape index (κ1) is 14.4. The number of nitrogens with one attached hydrogen (secondary N) is 1. The maximum Gasteiger partial charge on any atom is 0.218 e. The molecule has 0 aromatic heterocycles. The van der Waals surface area contributed by atoms with Gasteiger partial charge >= 0.3 is 0 Å². The van der Waals surface area contributed by atoms with E-state index in [9.17, 15) is 13.2 Å². The van der Waals surface area contributed by atoms with Crippen LogP contribution < -0.4 is 11.1 Å². The van der Waals surface area contributed by atoms with Crippen LogP contribution in [0.2, 0.25) is 0 Å². The highest BCUT2D eigenvalue weighted by Gasteiger charge is 2.35. The van der Waals surface area contributed by atoms with Crippen molar-refractivity contribution in [1.82, 2.24) is 9.62 Å². The zero-order valence-corrected chi connectivity index (χ0v) is 11.2. The third-order valence-electron chi connectivity index (χ3n) is 3.06. The summed E-state index contributed by atoms with van der Waals surface area (Å²) in [6, 6.07) is -0.0717. The molecule has 2 atom stereocenters. The average Bonchev–Trinajstić information content (AvgIpc) is 2.67. The molecule has 6 nitrogen and oxygen atoms in total. The average molecular weight is 263 g/mol. The maximum atomic E-state index is 12.2. The topological polar surface area (TPSA) is 92.5 Å². The van der Waals surface area contributed by atoms with Gasteiger partial charge in [-0.1, -0.05) is 6.92 Å². The first-order chi connectivity index (χ1) is 7.91. The molecule has 1 saturated heterocycles. The normalized spacial score (nSPS) is 23.6. The Bertz CT molecular complexity index is 365. The third-order valence-corrected chi connectivity index (χ3v) is 5.48. The largest absolute Gasteiger partial charge is 0.352 e. The van der Waals surface area contributed by atoms with Gasteiger partial charge in [0.25, 0.3) is 0 Å². The van der Waals surface area contributed by atoms with Crippen LogP contribution in [0.4, 0.5) is 0 Å². The van der Waals surface area contributed by atoms with Crippen molar-refractivity contribution < 1.29 is 13.2 Å². The van der Waals surface area contributed by atoms with Crippen molar-refractivity contribution in [3.8, 4) is 0 Å². The summed E-state index contributed by atoms with van der Waals surface area (Å²) in [5.41, 5.74) is 5.48. The van der Waals surface area contributed by atoms with Crippen LogP contribution in [0.3, 0.4) is 0 Å². The van der Waals surface area contributed by atoms with E-state index in [4.69, 9.17) is 5.73 Å². The SMILES string of the molecule is CCC(CN)S(=O)(=O)N1CCC(NC(C)=O)C1. The second-order valence-electron chi connectivity index (χ2n) is 4.36. The van der Waals surface area contributed by atoms with Crippen LogP contribution in [-0.2, 0) is 14.8 Å². The quantitative estimate of drug-likeness (QED) is 0.683. The van der Waals surface area contributed by atoms with Crippen molar-refractivity contribution in [1.29, 1.82) is 0 Å². The molecule has 1 rings (SSSR count). The molecule has 3 N–H and O–H groups in total. The Balaban J connectivity index is 2.67. The Hall–Kier alpha value is -0.660. The number of hydrogen-bond acceptors (Lipinski definition) is 4. The summed E-state index contributed by atoms with van der Waals surface area (Å²) in [5, 5.41) is 2.23. The molecule has 1 aliphatic rings. The highest BCUT2D eigenvalue weighted by Crippen LogP contribution is 2.18. The van der Waals surface area contributed by atoms with E-state index in [2.05, 4.69) is 5.32 Å². The fourth-order valence-electron chi connectivity index (χ4n) is 2.07. The zero-order chi connectivity index (χ0) is 13.1. The monoisotopic (exact) mass is 263 g/mol. The molecule has 0 aromatic carbocycles. The van der Waals surface area contributed by atoms with Crippen molar-refractivity contribution in [2.24, 2.45) is 5.73 Å². The minimum atomic E-state index is -3.31. The Kier molecular flexibility index (Phi) is 4.91. The number of carbonyl (C=O) groups is 1. The van der Waals surface area contributed by atoms with Crippen LogP contribution in [0, 0.1) is 0 Å². The van der Waals surface area contributed by atoms with Crippen LogP contribution in [0.1, 0.15) is 26.7 Å². The molecule has 0 bridgehead atoms. The lowest BCUT2D eigenvalue weighted by molar-refractivity contribution is -0.119. The van der Waals surface area contributed by atoms with Crippen LogP contribution in [0.25, 0.3) is 0 Å². The van der Waals surface area contributed by atoms with Crippen molar-refractivity contribution in [2.45, 2.75) is 38.0 Å². The summed E-state index contributed by atoms with van der Waals surface area (Å²) < 4.78 is 25.8. The van der Waals surface area contributed by atoms with E-state index in [0.29, 0.717) is 25.9 Å². The minimum absolute atomic E-state index is 0.0717. The Morgan fingerprint density at radius 3 is 2.71 bits per heavy atom. The zero-order valence-electron chi connectivity index (χ0n) is 10.3. The molecule has 0 saturated carbocycles. The molecule has 1 amide bonds. The summed E-state index contributed by atoms with van der Waals surface area (Å²) in [4.78, 5) is 10.9. The minimum Gasteiger partial charge on any atom is -0.352 e. The van der Waals surface area contributed by atoms with Crippen LogP contribution in [0.5, 0.6) is 0 Å². The van der Waals surface area contributed by atoms with Crippen LogP contribution in [0.15, 0.2) is 0 Å². The molecule has 0 aliphatic carbocycles. The van der Waals surface area contributed by atoms with E-state index < -0.39 is 15.3 Å². The fourth-order valence-corrected chi connectivity index (χ4v) is 3.91. The van der Waals surface area contributed by atoms with Gasteiger partial charge in [0.15, 0.2) is 0 Å². The van der Waals surface area contributed by atoms with E-state index in [1.807, 2.05) is 6.92 Å². The van der Waals surface area contributed by atoms with Gasteiger partial charge in [-0.05, 0) is 12.8 Å². The Morgan fingerprint density at radius 1 is 1.59 bits per heavy atom. The maximum absolute atomic E-state index is 12.2. The summed E-state index contributed by atoms with van der Waals surface area (Å²) in [7, 11) is -3.31. The molecule has 0 radical (unpaired) electrons. The molecule has 1 aliphatic heterocycles. The second-order valence-corrected chi connectivity index (χ2v) is 6.57. The first-order valence-corrected chi connectivity index (χ1v) is 7.38. The van der Waals surface area contributed by atoms with Gasteiger partial charge in [-0.15, -0.1) is 0 Å². The lowest BCUT2D eigenvalue weighted by atomic mass is 10.3. The molecular weight excluding hydrogens is 242 g/mol. The standard InChI is InChI=1S/C10H21N3O3S/c1-3-10(6-11)17(15,16)13-5-4-9(7-13)12-8(2)14/h9-10H,3-7,11H2,1-2H3,(H,12,14). The number of carbonyl (C=O) groups excluding carboxylic acids is 1. The third kappa shape index (κ3) is 3.40. The molecule has 1 fully saturated rings. The van der Waals surface area contributed by atoms with Gasteiger partial charge in [0.2, 0.25) is 15.9 Å². The van der Waals surface area contributed by atoms with Crippen molar-refractivity contribution in [2.75, 3.05) is 19.6 Å². The molecular formula is C10H21N3O3S. The fraction of sp³-hybridized carbons (Fsp3) is 0.900. The first-order valence-electron chi connectivity index (χ1n) is 5.88. The molecule has 7 heteroatoms. The number of sulfonamides is 1. The van der Waals surface area contributed by atoms with E-state index >= 15 is 0 Å². The van der Waals surface area contributed by atoms with E-state index in [0.717, 1.165) is 0 Å². The van der Waals surface area contributed by atoms with Crippen molar-refractivity contribution in [3.05, 3.63) is 0 Å². The molecule has 0 aromatic rings. The molecule has 1 heterocycles. The summed E-state index contributed by atoms with van der Waals surface area (Å²) >= 11 is 0. The van der Waals surface area contributed by atoms with Gasteiger partial charge in [0.05, 0.1) is 5.25 Å². The van der Waals surface area contributed by atoms with Crippen molar-refractivity contribution in [3.63, 3.8) is 0 Å². The summed E-state index contributed by atoms with van der Waals surface area (Å²) in [5.74, 6) is -0.125. The summed E-state index contributed by atoms with van der Waals surface area (Å²) in [6.45, 7) is 4.21. The van der Waals surface area contributed by atoms with Gasteiger partial charge < -0.3 is 11.1 Å². The number of nitrogens with zero attached hydrogens (tertiary/aromatic N) is 1. The predicted octanol–water partition coefficient (Wildman–Crippen LogP) is -0.736. The highest BCUT2D eigenvalue weighted by atomic mass is 32.2. The Labute approximate surface area is 103 Å². The number of nitrogens with two attached hydrogens (primary N) is 1. The van der Waals surface area contributed by atoms with E-state index in [1.54, 1.807) is 0 Å². The predicted molar refractivity (Wildman–Crippen MR) is 65.8 cm³/mol.